The van der Waals surface area contributed by atoms with E-state index in [1.54, 1.807) is 10.7 Å². The Bertz CT molecular complexity index is 379. The zero-order chi connectivity index (χ0) is 13.4. The van der Waals surface area contributed by atoms with Crippen LogP contribution in [0.15, 0.2) is 6.07 Å². The third-order valence-electron chi connectivity index (χ3n) is 2.41. The highest BCUT2D eigenvalue weighted by Crippen LogP contribution is 2.03. The number of nitrogens with zero attached hydrogens (tertiary/aromatic N) is 2. The summed E-state index contributed by atoms with van der Waals surface area (Å²) in [6, 6.07) is 1.81. The molecule has 0 fully saturated rings. The summed E-state index contributed by atoms with van der Waals surface area (Å²) in [6.45, 7) is 6.54. The highest BCUT2D eigenvalue weighted by molar-refractivity contribution is 9.09. The zero-order valence-corrected chi connectivity index (χ0v) is 12.5. The van der Waals surface area contributed by atoms with Crippen molar-refractivity contribution >= 4 is 21.8 Å². The molecule has 0 spiro atoms. The lowest BCUT2D eigenvalue weighted by Gasteiger charge is -2.06. The van der Waals surface area contributed by atoms with Gasteiger partial charge in [-0.05, 0) is 26.3 Å². The molecule has 1 aromatic rings. The molecule has 0 radical (unpaired) electrons. The van der Waals surface area contributed by atoms with Crippen molar-refractivity contribution in [2.24, 2.45) is 0 Å². The lowest BCUT2D eigenvalue weighted by molar-refractivity contribution is 0.0934. The Morgan fingerprint density at radius 1 is 1.56 bits per heavy atom. The normalized spacial score (nSPS) is 10.6. The monoisotopic (exact) mass is 317 g/mol. The Kier molecular flexibility index (Phi) is 6.97. The topological polar surface area (TPSA) is 56.2 Å². The van der Waals surface area contributed by atoms with Crippen LogP contribution in [0.5, 0.6) is 0 Å². The fourth-order valence-electron chi connectivity index (χ4n) is 1.59. The molecule has 0 aliphatic carbocycles. The van der Waals surface area contributed by atoms with Crippen LogP contribution in [0.4, 0.5) is 0 Å². The van der Waals surface area contributed by atoms with Gasteiger partial charge in [0.25, 0.3) is 5.91 Å². The summed E-state index contributed by atoms with van der Waals surface area (Å²) in [7, 11) is 0. The van der Waals surface area contributed by atoms with Gasteiger partial charge in [0.15, 0.2) is 0 Å². The molecule has 0 unspecified atom stereocenters. The number of carbonyl (C=O) groups is 1. The maximum Gasteiger partial charge on any atom is 0.269 e. The van der Waals surface area contributed by atoms with E-state index in [2.05, 4.69) is 26.3 Å². The quantitative estimate of drug-likeness (QED) is 0.587. The van der Waals surface area contributed by atoms with Crippen molar-refractivity contribution in [2.45, 2.75) is 26.8 Å². The van der Waals surface area contributed by atoms with Gasteiger partial charge in [0, 0.05) is 25.0 Å². The number of alkyl halides is 1. The van der Waals surface area contributed by atoms with Gasteiger partial charge in [-0.3, -0.25) is 9.48 Å². The van der Waals surface area contributed by atoms with E-state index in [4.69, 9.17) is 4.74 Å². The molecule has 0 bridgehead atoms. The number of hydrogen-bond donors (Lipinski definition) is 1. The molecule has 0 aliphatic heterocycles. The third-order valence-corrected chi connectivity index (χ3v) is 2.73. The lowest BCUT2D eigenvalue weighted by Crippen LogP contribution is -2.27. The number of halogens is 1. The summed E-state index contributed by atoms with van der Waals surface area (Å²) < 4.78 is 7.02. The van der Waals surface area contributed by atoms with Crippen molar-refractivity contribution in [3.8, 4) is 0 Å². The van der Waals surface area contributed by atoms with Crippen molar-refractivity contribution in [3.63, 3.8) is 0 Å². The van der Waals surface area contributed by atoms with Crippen LogP contribution in [0.2, 0.25) is 0 Å². The predicted octanol–water partition coefficient (Wildman–Crippen LogP) is 1.74. The zero-order valence-electron chi connectivity index (χ0n) is 10.9. The minimum Gasteiger partial charge on any atom is -0.381 e. The number of hydrogen-bond acceptors (Lipinski definition) is 3. The average Bonchev–Trinajstić information content (AvgIpc) is 2.74. The Morgan fingerprint density at radius 3 is 3.00 bits per heavy atom. The molecule has 102 valence electrons. The summed E-state index contributed by atoms with van der Waals surface area (Å²) in [4.78, 5) is 11.9. The SMILES string of the molecule is CCn1nc(C)cc1C(=O)NCCCOCCBr. The smallest absolute Gasteiger partial charge is 0.269 e. The first-order chi connectivity index (χ1) is 8.69. The largest absolute Gasteiger partial charge is 0.381 e. The van der Waals surface area contributed by atoms with E-state index in [1.165, 1.54) is 0 Å². The molecule has 1 aromatic heterocycles. The summed E-state index contributed by atoms with van der Waals surface area (Å²) in [5, 5.41) is 7.96. The van der Waals surface area contributed by atoms with Gasteiger partial charge in [0.05, 0.1) is 12.3 Å². The molecular weight excluding hydrogens is 298 g/mol. The minimum atomic E-state index is -0.0714. The van der Waals surface area contributed by atoms with E-state index >= 15 is 0 Å². The number of aromatic nitrogens is 2. The van der Waals surface area contributed by atoms with Crippen molar-refractivity contribution in [1.82, 2.24) is 15.1 Å². The van der Waals surface area contributed by atoms with Crippen molar-refractivity contribution in [3.05, 3.63) is 17.5 Å². The van der Waals surface area contributed by atoms with E-state index in [1.807, 2.05) is 13.8 Å². The molecule has 0 atom stereocenters. The number of ether oxygens (including phenoxy) is 1. The van der Waals surface area contributed by atoms with Gasteiger partial charge in [-0.15, -0.1) is 0 Å². The Balaban J connectivity index is 2.32. The Morgan fingerprint density at radius 2 is 2.33 bits per heavy atom. The van der Waals surface area contributed by atoms with Crippen LogP contribution >= 0.6 is 15.9 Å². The van der Waals surface area contributed by atoms with Gasteiger partial charge < -0.3 is 10.1 Å². The standard InChI is InChI=1S/C12H20BrN3O2/c1-3-16-11(9-10(2)15-16)12(17)14-6-4-7-18-8-5-13/h9H,3-8H2,1-2H3,(H,14,17). The third kappa shape index (κ3) is 4.78. The summed E-state index contributed by atoms with van der Waals surface area (Å²) in [6.07, 6.45) is 0.817. The molecule has 0 aromatic carbocycles. The van der Waals surface area contributed by atoms with Crippen LogP contribution in [-0.4, -0.2) is 40.8 Å². The van der Waals surface area contributed by atoms with Gasteiger partial charge in [0.2, 0.25) is 0 Å². The van der Waals surface area contributed by atoms with Crippen LogP contribution in [0.1, 0.15) is 29.5 Å². The number of rotatable bonds is 8. The second-order valence-electron chi connectivity index (χ2n) is 3.90. The fraction of sp³-hybridized carbons (Fsp3) is 0.667. The van der Waals surface area contributed by atoms with Gasteiger partial charge in [-0.25, -0.2) is 0 Å². The van der Waals surface area contributed by atoms with Crippen LogP contribution in [0, 0.1) is 6.92 Å². The molecule has 1 amide bonds. The number of aryl methyl sites for hydroxylation is 2. The van der Waals surface area contributed by atoms with E-state index in [-0.39, 0.29) is 5.91 Å². The lowest BCUT2D eigenvalue weighted by atomic mass is 10.3. The van der Waals surface area contributed by atoms with Gasteiger partial charge in [-0.1, -0.05) is 15.9 Å². The molecule has 1 N–H and O–H groups in total. The minimum absolute atomic E-state index is 0.0714. The summed E-state index contributed by atoms with van der Waals surface area (Å²) >= 11 is 3.29. The molecule has 0 aliphatic rings. The second-order valence-corrected chi connectivity index (χ2v) is 4.69. The summed E-state index contributed by atoms with van der Waals surface area (Å²) in [5.41, 5.74) is 1.49. The van der Waals surface area contributed by atoms with E-state index in [9.17, 15) is 4.79 Å². The van der Waals surface area contributed by atoms with Crippen molar-refractivity contribution < 1.29 is 9.53 Å². The molecular formula is C12H20BrN3O2. The predicted molar refractivity (Wildman–Crippen MR) is 74.2 cm³/mol. The number of amides is 1. The van der Waals surface area contributed by atoms with E-state index in [0.29, 0.717) is 32.0 Å². The highest BCUT2D eigenvalue weighted by Gasteiger charge is 2.11. The first-order valence-electron chi connectivity index (χ1n) is 6.15. The molecule has 0 saturated heterocycles. The van der Waals surface area contributed by atoms with Crippen LogP contribution in [-0.2, 0) is 11.3 Å². The van der Waals surface area contributed by atoms with Crippen molar-refractivity contribution in [2.75, 3.05) is 25.1 Å². The van der Waals surface area contributed by atoms with Crippen molar-refractivity contribution in [1.29, 1.82) is 0 Å². The van der Waals surface area contributed by atoms with Gasteiger partial charge in [0.1, 0.15) is 5.69 Å². The first kappa shape index (κ1) is 15.2. The number of carbonyl (C=O) groups excluding carboxylic acids is 1. The fourth-order valence-corrected chi connectivity index (χ4v) is 1.82. The highest BCUT2D eigenvalue weighted by atomic mass is 79.9. The Labute approximate surface area is 116 Å². The molecule has 5 nitrogen and oxygen atoms in total. The summed E-state index contributed by atoms with van der Waals surface area (Å²) in [5.74, 6) is -0.0714. The molecule has 6 heteroatoms. The molecule has 1 heterocycles. The molecule has 18 heavy (non-hydrogen) atoms. The molecule has 0 saturated carbocycles. The maximum atomic E-state index is 11.9. The Hall–Kier alpha value is -0.880. The second kappa shape index (κ2) is 8.26. The van der Waals surface area contributed by atoms with Crippen LogP contribution in [0.3, 0.4) is 0 Å². The maximum absolute atomic E-state index is 11.9. The van der Waals surface area contributed by atoms with E-state index in [0.717, 1.165) is 17.4 Å². The number of nitrogens with one attached hydrogen (secondary N) is 1. The van der Waals surface area contributed by atoms with E-state index < -0.39 is 0 Å². The first-order valence-corrected chi connectivity index (χ1v) is 7.27. The van der Waals surface area contributed by atoms with Crippen LogP contribution in [0.25, 0.3) is 0 Å². The van der Waals surface area contributed by atoms with Gasteiger partial charge in [-0.2, -0.15) is 5.10 Å². The molecule has 1 rings (SSSR count). The average molecular weight is 318 g/mol. The van der Waals surface area contributed by atoms with Crippen LogP contribution < -0.4 is 5.32 Å². The van der Waals surface area contributed by atoms with Gasteiger partial charge >= 0.3 is 0 Å².